The predicted octanol–water partition coefficient (Wildman–Crippen LogP) is 3.88. The number of hydrogen-bond donors (Lipinski definition) is 1. The minimum Gasteiger partial charge on any atom is -0.351 e. The smallest absolute Gasteiger partial charge is 0.261 e. The van der Waals surface area contributed by atoms with Crippen molar-refractivity contribution in [2.45, 2.75) is 6.42 Å². The summed E-state index contributed by atoms with van der Waals surface area (Å²) in [6.45, 7) is 0.626. The molecule has 0 aliphatic rings. The quantitative estimate of drug-likeness (QED) is 0.719. The van der Waals surface area contributed by atoms with Crippen molar-refractivity contribution >= 4 is 33.2 Å². The minimum absolute atomic E-state index is 0.0207. The Morgan fingerprint density at radius 2 is 2.09 bits per heavy atom. The minimum atomic E-state index is -0.0207. The Morgan fingerprint density at radius 3 is 2.70 bits per heavy atom. The molecule has 0 radical (unpaired) electrons. The first-order valence-electron chi connectivity index (χ1n) is 7.22. The summed E-state index contributed by atoms with van der Waals surface area (Å²) in [4.78, 5) is 12.7. The van der Waals surface area contributed by atoms with Crippen molar-refractivity contribution in [2.75, 3.05) is 6.54 Å². The highest BCUT2D eigenvalue weighted by Gasteiger charge is 2.07. The van der Waals surface area contributed by atoms with Crippen LogP contribution in [0.3, 0.4) is 0 Å². The number of hydrogen-bond acceptors (Lipinski definition) is 3. The zero-order valence-corrected chi connectivity index (χ0v) is 15.0. The van der Waals surface area contributed by atoms with Gasteiger partial charge in [0.1, 0.15) is 0 Å². The lowest BCUT2D eigenvalue weighted by Gasteiger charge is -2.05. The second-order valence-electron chi connectivity index (χ2n) is 5.23. The van der Waals surface area contributed by atoms with Crippen LogP contribution in [0.2, 0.25) is 0 Å². The van der Waals surface area contributed by atoms with Crippen LogP contribution in [0, 0.1) is 0 Å². The maximum Gasteiger partial charge on any atom is 0.261 e. The van der Waals surface area contributed by atoms with Gasteiger partial charge in [-0.1, -0.05) is 24.3 Å². The van der Waals surface area contributed by atoms with Crippen LogP contribution in [0.5, 0.6) is 0 Å². The number of aryl methyl sites for hydroxylation is 1. The van der Waals surface area contributed by atoms with Crippen LogP contribution in [0.15, 0.2) is 52.6 Å². The number of amides is 1. The van der Waals surface area contributed by atoms with E-state index in [1.54, 1.807) is 4.68 Å². The van der Waals surface area contributed by atoms with Crippen LogP contribution >= 0.6 is 27.3 Å². The lowest BCUT2D eigenvalue weighted by atomic mass is 10.1. The summed E-state index contributed by atoms with van der Waals surface area (Å²) in [7, 11) is 1.91. The average molecular weight is 390 g/mol. The molecular weight excluding hydrogens is 374 g/mol. The van der Waals surface area contributed by atoms with Gasteiger partial charge in [-0.2, -0.15) is 5.10 Å². The van der Waals surface area contributed by atoms with Gasteiger partial charge in [0.2, 0.25) is 0 Å². The van der Waals surface area contributed by atoms with Crippen molar-refractivity contribution in [2.24, 2.45) is 7.05 Å². The Kier molecular flexibility index (Phi) is 4.93. The number of nitrogens with zero attached hydrogens (tertiary/aromatic N) is 2. The van der Waals surface area contributed by atoms with Crippen molar-refractivity contribution in [3.63, 3.8) is 0 Å². The molecule has 2 heterocycles. The Balaban J connectivity index is 1.53. The van der Waals surface area contributed by atoms with Gasteiger partial charge in [-0.3, -0.25) is 9.48 Å². The molecule has 0 aliphatic heterocycles. The second-order valence-corrected chi connectivity index (χ2v) is 7.06. The molecule has 0 atom stereocenters. The number of aromatic nitrogens is 2. The van der Waals surface area contributed by atoms with Crippen LogP contribution in [0.25, 0.3) is 11.1 Å². The number of carbonyl (C=O) groups excluding carboxylic acids is 1. The molecule has 3 aromatic rings. The third-order valence-electron chi connectivity index (χ3n) is 3.48. The van der Waals surface area contributed by atoms with Gasteiger partial charge in [0.25, 0.3) is 5.91 Å². The third-order valence-corrected chi connectivity index (χ3v) is 5.17. The van der Waals surface area contributed by atoms with Gasteiger partial charge < -0.3 is 5.32 Å². The highest BCUT2D eigenvalue weighted by atomic mass is 79.9. The molecule has 6 heteroatoms. The molecule has 2 aromatic heterocycles. The van der Waals surface area contributed by atoms with Crippen molar-refractivity contribution in [3.05, 3.63) is 63.0 Å². The van der Waals surface area contributed by atoms with Gasteiger partial charge in [0.15, 0.2) is 0 Å². The summed E-state index contributed by atoms with van der Waals surface area (Å²) >= 11 is 4.80. The zero-order chi connectivity index (χ0) is 16.2. The number of halogens is 1. The van der Waals surface area contributed by atoms with E-state index in [4.69, 9.17) is 0 Å². The summed E-state index contributed by atoms with van der Waals surface area (Å²) in [6.07, 6.45) is 4.66. The van der Waals surface area contributed by atoms with E-state index in [0.29, 0.717) is 6.54 Å². The number of thiophene rings is 1. The standard InChI is InChI=1S/C17H16BrN3OS/c1-21-10-14(9-20-21)13-4-2-12(3-5-13)6-7-19-17(22)16-8-15(18)11-23-16/h2-5,8-11H,6-7H2,1H3,(H,19,22). The summed E-state index contributed by atoms with van der Waals surface area (Å²) in [5.74, 6) is -0.0207. The second kappa shape index (κ2) is 7.10. The SMILES string of the molecule is Cn1cc(-c2ccc(CCNC(=O)c3cc(Br)cs3)cc2)cn1. The molecule has 0 unspecified atom stereocenters. The van der Waals surface area contributed by atoms with Gasteiger partial charge in [0.05, 0.1) is 11.1 Å². The summed E-state index contributed by atoms with van der Waals surface area (Å²) < 4.78 is 2.74. The molecule has 0 bridgehead atoms. The fourth-order valence-corrected chi connectivity index (χ4v) is 3.62. The Labute approximate surface area is 147 Å². The number of benzene rings is 1. The van der Waals surface area contributed by atoms with Crippen molar-refractivity contribution in [1.82, 2.24) is 15.1 Å². The summed E-state index contributed by atoms with van der Waals surface area (Å²) in [6, 6.07) is 10.2. The van der Waals surface area contributed by atoms with Gasteiger partial charge in [0, 0.05) is 35.2 Å². The van der Waals surface area contributed by atoms with E-state index in [1.165, 1.54) is 16.9 Å². The molecule has 3 rings (SSSR count). The monoisotopic (exact) mass is 389 g/mol. The largest absolute Gasteiger partial charge is 0.351 e. The lowest BCUT2D eigenvalue weighted by molar-refractivity contribution is 0.0958. The third kappa shape index (κ3) is 4.09. The molecule has 4 nitrogen and oxygen atoms in total. The maximum absolute atomic E-state index is 12.0. The zero-order valence-electron chi connectivity index (χ0n) is 12.6. The maximum atomic E-state index is 12.0. The van der Waals surface area contributed by atoms with E-state index in [0.717, 1.165) is 26.9 Å². The molecule has 0 spiro atoms. The first-order chi connectivity index (χ1) is 11.1. The topological polar surface area (TPSA) is 46.9 Å². The molecule has 0 fully saturated rings. The molecule has 0 aliphatic carbocycles. The number of nitrogens with one attached hydrogen (secondary N) is 1. The van der Waals surface area contributed by atoms with E-state index >= 15 is 0 Å². The molecular formula is C17H16BrN3OS. The lowest BCUT2D eigenvalue weighted by Crippen LogP contribution is -2.24. The normalized spacial score (nSPS) is 10.7. The summed E-state index contributed by atoms with van der Waals surface area (Å²) in [5, 5.41) is 9.04. The Hall–Kier alpha value is -1.92. The van der Waals surface area contributed by atoms with Crippen LogP contribution in [0.1, 0.15) is 15.2 Å². The van der Waals surface area contributed by atoms with Crippen molar-refractivity contribution < 1.29 is 4.79 Å². The number of carbonyl (C=O) groups is 1. The van der Waals surface area contributed by atoms with Crippen LogP contribution in [-0.4, -0.2) is 22.2 Å². The van der Waals surface area contributed by atoms with Crippen LogP contribution in [-0.2, 0) is 13.5 Å². The highest BCUT2D eigenvalue weighted by Crippen LogP contribution is 2.20. The molecule has 0 saturated carbocycles. The highest BCUT2D eigenvalue weighted by molar-refractivity contribution is 9.10. The van der Waals surface area contributed by atoms with E-state index in [2.05, 4.69) is 50.6 Å². The summed E-state index contributed by atoms with van der Waals surface area (Å²) in [5.41, 5.74) is 3.45. The van der Waals surface area contributed by atoms with E-state index in [9.17, 15) is 4.79 Å². The van der Waals surface area contributed by atoms with Gasteiger partial charge in [-0.05, 0) is 39.5 Å². The fourth-order valence-electron chi connectivity index (χ4n) is 2.27. The first-order valence-corrected chi connectivity index (χ1v) is 8.89. The Bertz CT molecular complexity index is 807. The van der Waals surface area contributed by atoms with Crippen molar-refractivity contribution in [3.8, 4) is 11.1 Å². The van der Waals surface area contributed by atoms with Gasteiger partial charge >= 0.3 is 0 Å². The van der Waals surface area contributed by atoms with E-state index in [-0.39, 0.29) is 5.91 Å². The Morgan fingerprint density at radius 1 is 1.30 bits per heavy atom. The van der Waals surface area contributed by atoms with Crippen molar-refractivity contribution in [1.29, 1.82) is 0 Å². The molecule has 1 N–H and O–H groups in total. The molecule has 118 valence electrons. The number of rotatable bonds is 5. The van der Waals surface area contributed by atoms with E-state index in [1.807, 2.05) is 30.9 Å². The van der Waals surface area contributed by atoms with Crippen LogP contribution < -0.4 is 5.32 Å². The van der Waals surface area contributed by atoms with Gasteiger partial charge in [-0.25, -0.2) is 0 Å². The average Bonchev–Trinajstić information content (AvgIpc) is 3.16. The van der Waals surface area contributed by atoms with Crippen LogP contribution in [0.4, 0.5) is 0 Å². The van der Waals surface area contributed by atoms with Gasteiger partial charge in [-0.15, -0.1) is 11.3 Å². The molecule has 1 aromatic carbocycles. The molecule has 1 amide bonds. The van der Waals surface area contributed by atoms with E-state index < -0.39 is 0 Å². The predicted molar refractivity (Wildman–Crippen MR) is 96.7 cm³/mol. The molecule has 23 heavy (non-hydrogen) atoms. The fraction of sp³-hybridized carbons (Fsp3) is 0.176. The first kappa shape index (κ1) is 16.0. The molecule has 0 saturated heterocycles.